The fraction of sp³-hybridized carbons (Fsp3) is 0.320. The van der Waals surface area contributed by atoms with Crippen LogP contribution in [0.3, 0.4) is 0 Å². The summed E-state index contributed by atoms with van der Waals surface area (Å²) in [6.07, 6.45) is 2.26. The summed E-state index contributed by atoms with van der Waals surface area (Å²) in [5, 5.41) is 11.4. The summed E-state index contributed by atoms with van der Waals surface area (Å²) < 4.78 is 5.84. The zero-order valence-corrected chi connectivity index (χ0v) is 19.8. The maximum absolute atomic E-state index is 12.8. The molecule has 34 heavy (non-hydrogen) atoms. The number of rotatable bonds is 4. The number of halogens is 2. The third-order valence-electron chi connectivity index (χ3n) is 6.33. The van der Waals surface area contributed by atoms with Crippen LogP contribution in [0.1, 0.15) is 25.7 Å². The van der Waals surface area contributed by atoms with Crippen LogP contribution in [0.4, 0.5) is 11.5 Å². The second-order valence-corrected chi connectivity index (χ2v) is 9.58. The first-order valence-corrected chi connectivity index (χ1v) is 12.1. The number of pyridine rings is 1. The van der Waals surface area contributed by atoms with E-state index in [1.165, 1.54) is 0 Å². The smallest absolute Gasteiger partial charge is 0.263 e. The van der Waals surface area contributed by atoms with E-state index in [0.717, 1.165) is 29.4 Å². The average molecular weight is 499 g/mol. The number of hydrogen-bond acceptors (Lipinski definition) is 5. The fourth-order valence-corrected chi connectivity index (χ4v) is 4.83. The van der Waals surface area contributed by atoms with E-state index in [9.17, 15) is 9.59 Å². The van der Waals surface area contributed by atoms with Crippen LogP contribution < -0.4 is 20.7 Å². The molecule has 0 saturated heterocycles. The van der Waals surface area contributed by atoms with Crippen LogP contribution in [0, 0.1) is 5.92 Å². The van der Waals surface area contributed by atoms with E-state index in [1.807, 2.05) is 18.2 Å². The molecule has 1 aliphatic carbocycles. The van der Waals surface area contributed by atoms with Crippen molar-refractivity contribution in [2.75, 3.05) is 17.2 Å². The molecule has 0 unspecified atom stereocenters. The SMILES string of the molecule is O=C(N[C@H]1CC[C@H](C(=O)Nc2ccc3cc(Cl)ccc3n2)CC1)[C@@H]1CNc2cc(Cl)ccc2O1. The van der Waals surface area contributed by atoms with E-state index in [4.69, 9.17) is 27.9 Å². The number of carbonyl (C=O) groups excluding carboxylic acids is 2. The Hall–Kier alpha value is -3.03. The van der Waals surface area contributed by atoms with Crippen LogP contribution in [0.5, 0.6) is 5.75 Å². The maximum atomic E-state index is 12.8. The normalized spacial score (nSPS) is 21.6. The molecule has 1 saturated carbocycles. The first-order valence-electron chi connectivity index (χ1n) is 11.3. The van der Waals surface area contributed by atoms with Gasteiger partial charge < -0.3 is 20.7 Å². The molecule has 7 nitrogen and oxygen atoms in total. The molecule has 5 rings (SSSR count). The molecule has 1 atom stereocenters. The number of benzene rings is 2. The average Bonchev–Trinajstić information content (AvgIpc) is 2.84. The molecule has 0 spiro atoms. The van der Waals surface area contributed by atoms with Gasteiger partial charge in [-0.15, -0.1) is 0 Å². The first kappa shape index (κ1) is 22.7. The van der Waals surface area contributed by atoms with Gasteiger partial charge in [0, 0.05) is 27.4 Å². The number of hydrogen-bond donors (Lipinski definition) is 3. The standard InChI is InChI=1S/C25H24Cl2N4O3/c26-16-4-8-19-15(11-16)3-10-23(30-19)31-24(32)14-1-6-18(7-2-14)29-25(33)22-13-28-20-12-17(27)5-9-21(20)34-22/h3-5,8-12,14,18,22,28H,1-2,6-7,13H2,(H,29,33)(H,30,31,32)/t14-,18-,22-/m0/s1. The Kier molecular flexibility index (Phi) is 6.48. The molecule has 1 fully saturated rings. The molecule has 2 heterocycles. The van der Waals surface area contributed by atoms with Crippen molar-refractivity contribution in [2.24, 2.45) is 5.92 Å². The van der Waals surface area contributed by atoms with Crippen molar-refractivity contribution in [3.63, 3.8) is 0 Å². The quantitative estimate of drug-likeness (QED) is 0.469. The predicted octanol–water partition coefficient (Wildman–Crippen LogP) is 5.03. The molecule has 1 aliphatic heterocycles. The maximum Gasteiger partial charge on any atom is 0.263 e. The fourth-order valence-electron chi connectivity index (χ4n) is 4.48. The van der Waals surface area contributed by atoms with Crippen molar-refractivity contribution < 1.29 is 14.3 Å². The van der Waals surface area contributed by atoms with Gasteiger partial charge in [0.2, 0.25) is 5.91 Å². The minimum atomic E-state index is -0.608. The molecule has 176 valence electrons. The van der Waals surface area contributed by atoms with Crippen LogP contribution in [0.2, 0.25) is 10.0 Å². The summed E-state index contributed by atoms with van der Waals surface area (Å²) in [6.45, 7) is 0.377. The summed E-state index contributed by atoms with van der Waals surface area (Å²) >= 11 is 12.0. The lowest BCUT2D eigenvalue weighted by molar-refractivity contribution is -0.128. The molecular formula is C25H24Cl2N4O3. The highest BCUT2D eigenvalue weighted by Crippen LogP contribution is 2.32. The van der Waals surface area contributed by atoms with Gasteiger partial charge in [-0.3, -0.25) is 9.59 Å². The zero-order valence-electron chi connectivity index (χ0n) is 18.3. The Morgan fingerprint density at radius 3 is 2.53 bits per heavy atom. The minimum absolute atomic E-state index is 0.0234. The van der Waals surface area contributed by atoms with Crippen molar-refractivity contribution in [3.8, 4) is 5.75 Å². The summed E-state index contributed by atoms with van der Waals surface area (Å²) in [5.41, 5.74) is 1.56. The molecule has 3 N–H and O–H groups in total. The molecule has 0 bridgehead atoms. The van der Waals surface area contributed by atoms with Crippen LogP contribution in [0.15, 0.2) is 48.5 Å². The Morgan fingerprint density at radius 2 is 1.71 bits per heavy atom. The summed E-state index contributed by atoms with van der Waals surface area (Å²) in [7, 11) is 0. The lowest BCUT2D eigenvalue weighted by atomic mass is 9.85. The Labute approximate surface area is 207 Å². The topological polar surface area (TPSA) is 92.4 Å². The lowest BCUT2D eigenvalue weighted by Gasteiger charge is -2.31. The third-order valence-corrected chi connectivity index (χ3v) is 6.80. The third kappa shape index (κ3) is 5.05. The number of amides is 2. The highest BCUT2D eigenvalue weighted by molar-refractivity contribution is 6.31. The molecule has 3 aromatic rings. The van der Waals surface area contributed by atoms with Gasteiger partial charge in [-0.1, -0.05) is 23.2 Å². The summed E-state index contributed by atoms with van der Waals surface area (Å²) in [5.74, 6) is 0.836. The van der Waals surface area contributed by atoms with Crippen molar-refractivity contribution in [2.45, 2.75) is 37.8 Å². The number of fused-ring (bicyclic) bond motifs is 2. The van der Waals surface area contributed by atoms with E-state index in [2.05, 4.69) is 20.9 Å². The van der Waals surface area contributed by atoms with Gasteiger partial charge in [0.15, 0.2) is 6.10 Å². The van der Waals surface area contributed by atoms with Gasteiger partial charge in [-0.05, 0) is 74.2 Å². The molecule has 9 heteroatoms. The number of nitrogens with zero attached hydrogens (tertiary/aromatic N) is 1. The highest BCUT2D eigenvalue weighted by Gasteiger charge is 2.31. The van der Waals surface area contributed by atoms with Crippen molar-refractivity contribution in [1.29, 1.82) is 0 Å². The second-order valence-electron chi connectivity index (χ2n) is 8.71. The monoisotopic (exact) mass is 498 g/mol. The Morgan fingerprint density at radius 1 is 0.941 bits per heavy atom. The van der Waals surface area contributed by atoms with Crippen LogP contribution in [-0.2, 0) is 9.59 Å². The molecule has 1 aromatic heterocycles. The predicted molar refractivity (Wildman–Crippen MR) is 134 cm³/mol. The van der Waals surface area contributed by atoms with E-state index in [-0.39, 0.29) is 23.8 Å². The molecule has 0 radical (unpaired) electrons. The van der Waals surface area contributed by atoms with Crippen molar-refractivity contribution in [1.82, 2.24) is 10.3 Å². The van der Waals surface area contributed by atoms with Gasteiger partial charge in [-0.2, -0.15) is 0 Å². The molecule has 2 aromatic carbocycles. The molecule has 2 aliphatic rings. The number of aromatic nitrogens is 1. The Bertz CT molecular complexity index is 1240. The van der Waals surface area contributed by atoms with E-state index >= 15 is 0 Å². The molecule has 2 amide bonds. The number of anilines is 2. The van der Waals surface area contributed by atoms with Crippen molar-refractivity contribution >= 4 is 57.4 Å². The van der Waals surface area contributed by atoms with Gasteiger partial charge in [0.1, 0.15) is 11.6 Å². The van der Waals surface area contributed by atoms with Gasteiger partial charge >= 0.3 is 0 Å². The van der Waals surface area contributed by atoms with Crippen LogP contribution in [0.25, 0.3) is 10.9 Å². The van der Waals surface area contributed by atoms with E-state index < -0.39 is 6.10 Å². The number of ether oxygens (including phenoxy) is 1. The number of carbonyl (C=O) groups is 2. The second kappa shape index (κ2) is 9.68. The zero-order chi connectivity index (χ0) is 23.7. The van der Waals surface area contributed by atoms with Gasteiger partial charge in [0.05, 0.1) is 17.7 Å². The van der Waals surface area contributed by atoms with Crippen LogP contribution >= 0.6 is 23.2 Å². The highest BCUT2D eigenvalue weighted by atomic mass is 35.5. The molecular weight excluding hydrogens is 475 g/mol. The van der Waals surface area contributed by atoms with Gasteiger partial charge in [0.25, 0.3) is 5.91 Å². The number of nitrogens with one attached hydrogen (secondary N) is 3. The largest absolute Gasteiger partial charge is 0.477 e. The summed E-state index contributed by atoms with van der Waals surface area (Å²) in [6, 6.07) is 14.4. The van der Waals surface area contributed by atoms with E-state index in [0.29, 0.717) is 41.0 Å². The van der Waals surface area contributed by atoms with Crippen LogP contribution in [-0.4, -0.2) is 35.5 Å². The first-order chi connectivity index (χ1) is 16.4. The van der Waals surface area contributed by atoms with Crippen molar-refractivity contribution in [3.05, 3.63) is 58.6 Å². The Balaban J connectivity index is 1.11. The summed E-state index contributed by atoms with van der Waals surface area (Å²) in [4.78, 5) is 30.0. The minimum Gasteiger partial charge on any atom is -0.477 e. The van der Waals surface area contributed by atoms with Gasteiger partial charge in [-0.25, -0.2) is 4.98 Å². The lowest BCUT2D eigenvalue weighted by Crippen LogP contribution is -2.49. The van der Waals surface area contributed by atoms with E-state index in [1.54, 1.807) is 30.3 Å².